The summed E-state index contributed by atoms with van der Waals surface area (Å²) < 4.78 is 4.49. The minimum absolute atomic E-state index is 0.183. The molecule has 0 aliphatic carbocycles. The van der Waals surface area contributed by atoms with Crippen LogP contribution in [0.5, 0.6) is 5.88 Å². The van der Waals surface area contributed by atoms with E-state index >= 15 is 0 Å². The van der Waals surface area contributed by atoms with Gasteiger partial charge in [-0.2, -0.15) is 0 Å². The number of H-pyrrole nitrogens is 1. The van der Waals surface area contributed by atoms with Gasteiger partial charge in [0, 0.05) is 12.3 Å². The fourth-order valence-corrected chi connectivity index (χ4v) is 0.428. The highest BCUT2D eigenvalue weighted by molar-refractivity contribution is 5.68. The van der Waals surface area contributed by atoms with E-state index in [0.717, 1.165) is 0 Å². The average Bonchev–Trinajstić information content (AvgIpc) is 2.40. The molecule has 0 saturated heterocycles. The molecule has 6 nitrogen and oxygen atoms in total. The van der Waals surface area contributed by atoms with Gasteiger partial charge in [0.25, 0.3) is 0 Å². The summed E-state index contributed by atoms with van der Waals surface area (Å²) in [5, 5.41) is 6.00. The molecule has 0 bridgehead atoms. The van der Waals surface area contributed by atoms with E-state index < -0.39 is 6.09 Å². The number of hydrogen-bond acceptors (Lipinski definition) is 4. The zero-order chi connectivity index (χ0) is 7.40. The van der Waals surface area contributed by atoms with Gasteiger partial charge >= 0.3 is 6.09 Å². The lowest BCUT2D eigenvalue weighted by atomic mass is 10.7. The normalized spacial score (nSPS) is 8.90. The Kier molecular flexibility index (Phi) is 1.86. The van der Waals surface area contributed by atoms with Gasteiger partial charge < -0.3 is 4.74 Å². The predicted molar refractivity (Wildman–Crippen MR) is 31.9 cm³/mol. The van der Waals surface area contributed by atoms with Crippen LogP contribution in [0.4, 0.5) is 4.79 Å². The molecule has 1 heterocycles. The summed E-state index contributed by atoms with van der Waals surface area (Å²) in [6.07, 6.45) is 0.783. The first-order valence-corrected chi connectivity index (χ1v) is 2.51. The molecule has 1 aromatic rings. The van der Waals surface area contributed by atoms with E-state index in [1.807, 2.05) is 0 Å². The molecule has 0 saturated carbocycles. The van der Waals surface area contributed by atoms with E-state index in [0.29, 0.717) is 0 Å². The van der Waals surface area contributed by atoms with Crippen molar-refractivity contribution < 1.29 is 9.53 Å². The highest BCUT2D eigenvalue weighted by atomic mass is 16.6. The number of hydrogen-bond donors (Lipinski definition) is 3. The van der Waals surface area contributed by atoms with Gasteiger partial charge in [0.15, 0.2) is 0 Å². The van der Waals surface area contributed by atoms with Gasteiger partial charge in [0.1, 0.15) is 0 Å². The van der Waals surface area contributed by atoms with Gasteiger partial charge in [-0.1, -0.05) is 0 Å². The first-order valence-electron chi connectivity index (χ1n) is 2.51. The summed E-state index contributed by atoms with van der Waals surface area (Å²) in [5.41, 5.74) is 1.79. The molecule has 0 aliphatic heterocycles. The van der Waals surface area contributed by atoms with Crippen molar-refractivity contribution in [2.24, 2.45) is 5.84 Å². The molecule has 1 aromatic heterocycles. The number of ether oxygens (including phenoxy) is 1. The number of nitrogens with two attached hydrogens (primary N) is 1. The Morgan fingerprint density at radius 3 is 3.20 bits per heavy atom. The molecule has 0 spiro atoms. The van der Waals surface area contributed by atoms with Gasteiger partial charge in [-0.25, -0.2) is 10.6 Å². The summed E-state index contributed by atoms with van der Waals surface area (Å²) in [6.45, 7) is 0. The quantitative estimate of drug-likeness (QED) is 0.276. The monoisotopic (exact) mass is 142 g/mol. The molecular formula is C4H6N4O2. The van der Waals surface area contributed by atoms with Crippen LogP contribution in [0.25, 0.3) is 0 Å². The van der Waals surface area contributed by atoms with Crippen molar-refractivity contribution in [1.29, 1.82) is 0 Å². The molecule has 0 unspecified atom stereocenters. The zero-order valence-corrected chi connectivity index (χ0v) is 5.00. The molecule has 6 heteroatoms. The van der Waals surface area contributed by atoms with Crippen molar-refractivity contribution >= 4 is 6.09 Å². The van der Waals surface area contributed by atoms with Crippen LogP contribution < -0.4 is 16.0 Å². The molecule has 0 atom stereocenters. The van der Waals surface area contributed by atoms with Crippen LogP contribution in [-0.4, -0.2) is 16.3 Å². The Hall–Kier alpha value is -1.56. The number of carbonyl (C=O) groups excluding carboxylic acids is 1. The lowest BCUT2D eigenvalue weighted by Gasteiger charge is -1.95. The summed E-state index contributed by atoms with van der Waals surface area (Å²) >= 11 is 0. The van der Waals surface area contributed by atoms with Crippen LogP contribution in [-0.2, 0) is 0 Å². The molecule has 1 amide bonds. The first-order chi connectivity index (χ1) is 4.83. The third-order valence-corrected chi connectivity index (χ3v) is 0.790. The molecule has 0 aliphatic rings. The number of amides is 1. The van der Waals surface area contributed by atoms with Crippen molar-refractivity contribution in [1.82, 2.24) is 15.6 Å². The SMILES string of the molecule is NNC(=O)Oc1cc[nH]n1. The van der Waals surface area contributed by atoms with Crippen LogP contribution >= 0.6 is 0 Å². The van der Waals surface area contributed by atoms with Crippen LogP contribution in [0.2, 0.25) is 0 Å². The first kappa shape index (κ1) is 6.56. The second kappa shape index (κ2) is 2.83. The van der Waals surface area contributed by atoms with Gasteiger partial charge in [-0.15, -0.1) is 5.10 Å². The van der Waals surface area contributed by atoms with Crippen molar-refractivity contribution in [3.05, 3.63) is 12.3 Å². The van der Waals surface area contributed by atoms with Crippen LogP contribution in [0.15, 0.2) is 12.3 Å². The van der Waals surface area contributed by atoms with Gasteiger partial charge in [-0.3, -0.25) is 10.5 Å². The summed E-state index contributed by atoms with van der Waals surface area (Å²) in [7, 11) is 0. The third-order valence-electron chi connectivity index (χ3n) is 0.790. The van der Waals surface area contributed by atoms with E-state index in [9.17, 15) is 4.79 Å². The van der Waals surface area contributed by atoms with Crippen LogP contribution in [0.1, 0.15) is 0 Å². The number of aromatic amines is 1. The maximum atomic E-state index is 10.4. The van der Waals surface area contributed by atoms with E-state index in [1.54, 1.807) is 5.43 Å². The maximum Gasteiger partial charge on any atom is 0.428 e. The van der Waals surface area contributed by atoms with Crippen molar-refractivity contribution in [3.63, 3.8) is 0 Å². The zero-order valence-electron chi connectivity index (χ0n) is 5.00. The molecule has 54 valence electrons. The van der Waals surface area contributed by atoms with Crippen LogP contribution in [0, 0.1) is 0 Å². The molecule has 4 N–H and O–H groups in total. The fraction of sp³-hybridized carbons (Fsp3) is 0. The maximum absolute atomic E-state index is 10.4. The third kappa shape index (κ3) is 1.46. The highest BCUT2D eigenvalue weighted by Gasteiger charge is 2.00. The smallest absolute Gasteiger partial charge is 0.389 e. The molecule has 0 fully saturated rings. The van der Waals surface area contributed by atoms with E-state index in [1.165, 1.54) is 12.3 Å². The van der Waals surface area contributed by atoms with Crippen LogP contribution in [0.3, 0.4) is 0 Å². The number of aromatic nitrogens is 2. The topological polar surface area (TPSA) is 93.0 Å². The Labute approximate surface area is 56.3 Å². The lowest BCUT2D eigenvalue weighted by Crippen LogP contribution is -2.32. The Bertz CT molecular complexity index is 207. The Morgan fingerprint density at radius 2 is 2.70 bits per heavy atom. The molecule has 10 heavy (non-hydrogen) atoms. The predicted octanol–water partition coefficient (Wildman–Crippen LogP) is -0.628. The summed E-state index contributed by atoms with van der Waals surface area (Å²) in [5.74, 6) is 4.91. The lowest BCUT2D eigenvalue weighted by molar-refractivity contribution is 0.199. The fourth-order valence-electron chi connectivity index (χ4n) is 0.428. The summed E-state index contributed by atoms with van der Waals surface area (Å²) in [4.78, 5) is 10.4. The largest absolute Gasteiger partial charge is 0.428 e. The molecule has 0 radical (unpaired) electrons. The van der Waals surface area contributed by atoms with Gasteiger partial charge in [0.2, 0.25) is 5.88 Å². The second-order valence-corrected chi connectivity index (χ2v) is 1.45. The van der Waals surface area contributed by atoms with Crippen molar-refractivity contribution in [3.8, 4) is 5.88 Å². The van der Waals surface area contributed by atoms with E-state index in [4.69, 9.17) is 5.84 Å². The number of rotatable bonds is 1. The second-order valence-electron chi connectivity index (χ2n) is 1.45. The number of carbonyl (C=O) groups is 1. The van der Waals surface area contributed by atoms with Gasteiger partial charge in [-0.05, 0) is 0 Å². The Balaban J connectivity index is 2.48. The van der Waals surface area contributed by atoms with Crippen molar-refractivity contribution in [2.45, 2.75) is 0 Å². The molecule has 1 rings (SSSR count). The number of nitrogens with one attached hydrogen (secondary N) is 2. The Morgan fingerprint density at radius 1 is 1.90 bits per heavy atom. The minimum atomic E-state index is -0.743. The highest BCUT2D eigenvalue weighted by Crippen LogP contribution is 2.00. The summed E-state index contributed by atoms with van der Waals surface area (Å²) in [6, 6.07) is 1.50. The molecule has 0 aromatic carbocycles. The van der Waals surface area contributed by atoms with Gasteiger partial charge in [0.05, 0.1) is 0 Å². The number of nitrogens with zero attached hydrogens (tertiary/aromatic N) is 1. The number of hydrazine groups is 1. The molecular weight excluding hydrogens is 136 g/mol. The van der Waals surface area contributed by atoms with E-state index in [-0.39, 0.29) is 5.88 Å². The van der Waals surface area contributed by atoms with E-state index in [2.05, 4.69) is 14.9 Å². The standard InChI is InChI=1S/C4H6N4O2/c5-7-4(9)10-3-1-2-6-8-3/h1-2H,5H2,(H,6,8)(H,7,9). The minimum Gasteiger partial charge on any atom is -0.389 e. The van der Waals surface area contributed by atoms with Crippen molar-refractivity contribution in [2.75, 3.05) is 0 Å². The average molecular weight is 142 g/mol.